The molecule has 0 unspecified atom stereocenters. The number of hydrogen-bond acceptors (Lipinski definition) is 2. The van der Waals surface area contributed by atoms with Gasteiger partial charge in [-0.1, -0.05) is 67.9 Å². The fourth-order valence-corrected chi connectivity index (χ4v) is 3.13. The highest BCUT2D eigenvalue weighted by Gasteiger charge is 2.30. The van der Waals surface area contributed by atoms with Crippen molar-refractivity contribution >= 4 is 17.5 Å². The molecule has 132 valence electrons. The molecule has 0 aromatic heterocycles. The van der Waals surface area contributed by atoms with E-state index in [1.54, 1.807) is 0 Å². The monoisotopic (exact) mass is 356 g/mol. The fraction of sp³-hybridized carbons (Fsp3) is 0.381. The third-order valence-electron chi connectivity index (χ3n) is 4.56. The van der Waals surface area contributed by atoms with E-state index < -0.39 is 0 Å². The number of carbonyl (C=O) groups excluding carboxylic acids is 1. The molecule has 0 radical (unpaired) electrons. The van der Waals surface area contributed by atoms with Crippen molar-refractivity contribution in [3.8, 4) is 0 Å². The molecule has 2 N–H and O–H groups in total. The largest absolute Gasteiger partial charge is 0.352 e. The summed E-state index contributed by atoms with van der Waals surface area (Å²) in [6, 6.07) is 17.8. The normalized spacial score (nSPS) is 16.5. The van der Waals surface area contributed by atoms with Crippen molar-refractivity contribution in [1.82, 2.24) is 10.6 Å². The molecular formula is C21H25ClN2O. The van der Waals surface area contributed by atoms with Gasteiger partial charge in [-0.3, -0.25) is 10.1 Å². The minimum absolute atomic E-state index is 0.0494. The Labute approximate surface area is 154 Å². The third-order valence-corrected chi connectivity index (χ3v) is 4.81. The standard InChI is InChI=1S/C21H25ClN2O/c1-14(2)19(16-8-10-17(22)11-9-16)24-20(15-6-4-3-5-7-15)21(25)23-18-12-13-18/h3-11,14,18-20,24H,12-13H2,1-2H3,(H,23,25)/t19-,20+/m0/s1. The molecular weight excluding hydrogens is 332 g/mol. The van der Waals surface area contributed by atoms with Gasteiger partial charge < -0.3 is 5.32 Å². The molecule has 4 heteroatoms. The number of hydrogen-bond donors (Lipinski definition) is 2. The summed E-state index contributed by atoms with van der Waals surface area (Å²) in [6.45, 7) is 4.32. The van der Waals surface area contributed by atoms with E-state index in [2.05, 4.69) is 24.5 Å². The summed E-state index contributed by atoms with van der Waals surface area (Å²) < 4.78 is 0. The van der Waals surface area contributed by atoms with Crippen molar-refractivity contribution in [3.63, 3.8) is 0 Å². The number of amides is 1. The zero-order chi connectivity index (χ0) is 17.8. The van der Waals surface area contributed by atoms with Crippen LogP contribution in [0, 0.1) is 5.92 Å². The molecule has 2 aromatic rings. The van der Waals surface area contributed by atoms with Crippen LogP contribution in [0.5, 0.6) is 0 Å². The summed E-state index contributed by atoms with van der Waals surface area (Å²) in [4.78, 5) is 12.8. The van der Waals surface area contributed by atoms with Gasteiger partial charge in [0.15, 0.2) is 0 Å². The molecule has 1 aliphatic carbocycles. The summed E-state index contributed by atoms with van der Waals surface area (Å²) in [5.74, 6) is 0.384. The number of halogens is 1. The molecule has 25 heavy (non-hydrogen) atoms. The van der Waals surface area contributed by atoms with E-state index in [0.717, 1.165) is 29.0 Å². The maximum absolute atomic E-state index is 12.8. The minimum atomic E-state index is -0.370. The predicted octanol–water partition coefficient (Wildman–Crippen LogP) is 4.65. The highest BCUT2D eigenvalue weighted by Crippen LogP contribution is 2.28. The maximum Gasteiger partial charge on any atom is 0.241 e. The van der Waals surface area contributed by atoms with Crippen LogP contribution in [0.3, 0.4) is 0 Å². The lowest BCUT2D eigenvalue weighted by molar-refractivity contribution is -0.123. The average molecular weight is 357 g/mol. The Bertz CT molecular complexity index is 696. The van der Waals surface area contributed by atoms with Crippen molar-refractivity contribution < 1.29 is 4.79 Å². The summed E-state index contributed by atoms with van der Waals surface area (Å²) in [6.07, 6.45) is 2.16. The van der Waals surface area contributed by atoms with Crippen molar-refractivity contribution in [1.29, 1.82) is 0 Å². The second-order valence-corrected chi connectivity index (χ2v) is 7.50. The molecule has 3 rings (SSSR count). The number of benzene rings is 2. The number of rotatable bonds is 7. The van der Waals surface area contributed by atoms with E-state index in [1.807, 2.05) is 54.6 Å². The van der Waals surface area contributed by atoms with E-state index in [1.165, 1.54) is 0 Å². The molecule has 1 aliphatic rings. The lowest BCUT2D eigenvalue weighted by Gasteiger charge is -2.29. The van der Waals surface area contributed by atoms with Gasteiger partial charge in [0.25, 0.3) is 0 Å². The predicted molar refractivity (Wildman–Crippen MR) is 103 cm³/mol. The maximum atomic E-state index is 12.8. The van der Waals surface area contributed by atoms with Gasteiger partial charge in [0, 0.05) is 17.1 Å². The molecule has 0 saturated heterocycles. The zero-order valence-electron chi connectivity index (χ0n) is 14.7. The van der Waals surface area contributed by atoms with Crippen LogP contribution in [0.25, 0.3) is 0 Å². The lowest BCUT2D eigenvalue weighted by Crippen LogP contribution is -2.41. The Morgan fingerprint density at radius 1 is 1.00 bits per heavy atom. The highest BCUT2D eigenvalue weighted by atomic mass is 35.5. The van der Waals surface area contributed by atoms with Gasteiger partial charge in [-0.2, -0.15) is 0 Å². The first kappa shape index (κ1) is 18.0. The Morgan fingerprint density at radius 3 is 2.20 bits per heavy atom. The fourth-order valence-electron chi connectivity index (χ4n) is 3.00. The van der Waals surface area contributed by atoms with Gasteiger partial charge in [0.05, 0.1) is 0 Å². The number of nitrogens with one attached hydrogen (secondary N) is 2. The van der Waals surface area contributed by atoms with Gasteiger partial charge in [-0.05, 0) is 42.0 Å². The topological polar surface area (TPSA) is 41.1 Å². The molecule has 0 spiro atoms. The smallest absolute Gasteiger partial charge is 0.241 e. The first-order valence-corrected chi connectivity index (χ1v) is 9.29. The second kappa shape index (κ2) is 8.03. The van der Waals surface area contributed by atoms with E-state index in [-0.39, 0.29) is 18.0 Å². The van der Waals surface area contributed by atoms with Gasteiger partial charge in [0.1, 0.15) is 6.04 Å². The zero-order valence-corrected chi connectivity index (χ0v) is 15.5. The number of carbonyl (C=O) groups is 1. The second-order valence-electron chi connectivity index (χ2n) is 7.07. The molecule has 1 fully saturated rings. The molecule has 2 atom stereocenters. The van der Waals surface area contributed by atoms with Crippen LogP contribution in [0.15, 0.2) is 54.6 Å². The lowest BCUT2D eigenvalue weighted by atomic mass is 9.93. The van der Waals surface area contributed by atoms with Crippen LogP contribution in [0.1, 0.15) is 49.9 Å². The van der Waals surface area contributed by atoms with Gasteiger partial charge in [0.2, 0.25) is 5.91 Å². The van der Waals surface area contributed by atoms with E-state index in [4.69, 9.17) is 11.6 Å². The molecule has 1 saturated carbocycles. The first-order chi connectivity index (χ1) is 12.0. The van der Waals surface area contributed by atoms with Crippen molar-refractivity contribution in [3.05, 3.63) is 70.7 Å². The van der Waals surface area contributed by atoms with Gasteiger partial charge in [-0.15, -0.1) is 0 Å². The summed E-state index contributed by atoms with van der Waals surface area (Å²) in [7, 11) is 0. The molecule has 1 amide bonds. The molecule has 0 heterocycles. The highest BCUT2D eigenvalue weighted by molar-refractivity contribution is 6.30. The summed E-state index contributed by atoms with van der Waals surface area (Å²) >= 11 is 6.03. The first-order valence-electron chi connectivity index (χ1n) is 8.91. The minimum Gasteiger partial charge on any atom is -0.352 e. The van der Waals surface area contributed by atoms with E-state index in [0.29, 0.717) is 12.0 Å². The quantitative estimate of drug-likeness (QED) is 0.758. The summed E-state index contributed by atoms with van der Waals surface area (Å²) in [5.41, 5.74) is 2.12. The molecule has 0 aliphatic heterocycles. The average Bonchev–Trinajstić information content (AvgIpc) is 3.41. The van der Waals surface area contributed by atoms with Gasteiger partial charge >= 0.3 is 0 Å². The van der Waals surface area contributed by atoms with Crippen molar-refractivity contribution in [2.24, 2.45) is 5.92 Å². The van der Waals surface area contributed by atoms with Crippen LogP contribution < -0.4 is 10.6 Å². The Morgan fingerprint density at radius 2 is 1.64 bits per heavy atom. The van der Waals surface area contributed by atoms with E-state index in [9.17, 15) is 4.79 Å². The van der Waals surface area contributed by atoms with Crippen LogP contribution in [-0.2, 0) is 4.79 Å². The Hall–Kier alpha value is -1.84. The third kappa shape index (κ3) is 4.83. The molecule has 2 aromatic carbocycles. The van der Waals surface area contributed by atoms with Crippen molar-refractivity contribution in [2.75, 3.05) is 0 Å². The van der Waals surface area contributed by atoms with Crippen LogP contribution >= 0.6 is 11.6 Å². The molecule has 3 nitrogen and oxygen atoms in total. The van der Waals surface area contributed by atoms with Crippen LogP contribution in [-0.4, -0.2) is 11.9 Å². The van der Waals surface area contributed by atoms with Crippen molar-refractivity contribution in [2.45, 2.75) is 44.8 Å². The van der Waals surface area contributed by atoms with E-state index >= 15 is 0 Å². The Kier molecular flexibility index (Phi) is 5.77. The summed E-state index contributed by atoms with van der Waals surface area (Å²) in [5, 5.41) is 7.44. The van der Waals surface area contributed by atoms with Crippen LogP contribution in [0.4, 0.5) is 0 Å². The van der Waals surface area contributed by atoms with Gasteiger partial charge in [-0.25, -0.2) is 0 Å². The SMILES string of the molecule is CC(C)[C@H](N[C@@H](C(=O)NC1CC1)c1ccccc1)c1ccc(Cl)cc1. The van der Waals surface area contributed by atoms with Crippen LogP contribution in [0.2, 0.25) is 5.02 Å². The Balaban J connectivity index is 1.85. The molecule has 0 bridgehead atoms.